The number of nitrogens with zero attached hydrogens (tertiary/aromatic N) is 1. The van der Waals surface area contributed by atoms with Crippen molar-refractivity contribution in [3.8, 4) is 0 Å². The number of aliphatic hydroxyl groups is 1. The van der Waals surface area contributed by atoms with E-state index in [4.69, 9.17) is 4.74 Å². The second kappa shape index (κ2) is 6.05. The van der Waals surface area contributed by atoms with Gasteiger partial charge in [-0.2, -0.15) is 0 Å². The summed E-state index contributed by atoms with van der Waals surface area (Å²) in [4.78, 5) is 12.4. The third kappa shape index (κ3) is 2.45. The molecule has 0 saturated carbocycles. The first-order chi connectivity index (χ1) is 12.1. The van der Waals surface area contributed by atoms with Crippen molar-refractivity contribution in [3.63, 3.8) is 0 Å². The molecule has 2 aromatic carbocycles. The first-order valence-electron chi connectivity index (χ1n) is 8.57. The quantitative estimate of drug-likeness (QED) is 0.745. The number of ether oxygens (including phenoxy) is 1. The smallest absolute Gasteiger partial charge is 0.340 e. The zero-order chi connectivity index (χ0) is 17.6. The highest BCUT2D eigenvalue weighted by Crippen LogP contribution is 2.37. The van der Waals surface area contributed by atoms with Gasteiger partial charge in [0, 0.05) is 18.1 Å². The molecule has 1 aliphatic rings. The van der Waals surface area contributed by atoms with E-state index < -0.39 is 6.10 Å². The van der Waals surface area contributed by atoms with Gasteiger partial charge in [0.1, 0.15) is 6.10 Å². The normalized spacial score (nSPS) is 14.5. The van der Waals surface area contributed by atoms with Gasteiger partial charge in [-0.3, -0.25) is 0 Å². The molecule has 0 amide bonds. The van der Waals surface area contributed by atoms with Gasteiger partial charge in [-0.15, -0.1) is 0 Å². The largest absolute Gasteiger partial charge is 0.465 e. The molecular formula is C21H21NO3. The Labute approximate surface area is 146 Å². The van der Waals surface area contributed by atoms with E-state index in [-0.39, 0.29) is 5.97 Å². The van der Waals surface area contributed by atoms with Gasteiger partial charge in [-0.05, 0) is 48.1 Å². The molecule has 0 radical (unpaired) electrons. The van der Waals surface area contributed by atoms with Gasteiger partial charge in [0.15, 0.2) is 0 Å². The maximum atomic E-state index is 12.4. The zero-order valence-corrected chi connectivity index (χ0v) is 14.5. The van der Waals surface area contributed by atoms with Crippen LogP contribution in [0.2, 0.25) is 0 Å². The average Bonchev–Trinajstić information content (AvgIpc) is 3.24. The molecule has 128 valence electrons. The standard InChI is InChI=1S/C21H21NO3/c1-22-18-10-6-9-15(18)16-11-14(12-17(19(16)22)21(24)25-2)20(23)13-7-4-3-5-8-13/h3-5,7-8,11-12,20,23H,6,9-10H2,1-2H3. The number of benzene rings is 2. The lowest BCUT2D eigenvalue weighted by atomic mass is 9.96. The molecule has 4 rings (SSSR count). The average molecular weight is 335 g/mol. The van der Waals surface area contributed by atoms with E-state index in [1.165, 1.54) is 18.4 Å². The van der Waals surface area contributed by atoms with Gasteiger partial charge >= 0.3 is 5.97 Å². The number of aromatic nitrogens is 1. The van der Waals surface area contributed by atoms with Crippen LogP contribution in [0.5, 0.6) is 0 Å². The molecule has 0 fully saturated rings. The SMILES string of the molecule is COC(=O)c1cc(C(O)c2ccccc2)cc2c3c(n(C)c12)CCC3. The summed E-state index contributed by atoms with van der Waals surface area (Å²) in [6, 6.07) is 13.3. The molecule has 3 aromatic rings. The van der Waals surface area contributed by atoms with Crippen molar-refractivity contribution < 1.29 is 14.6 Å². The zero-order valence-electron chi connectivity index (χ0n) is 14.5. The number of methoxy groups -OCH3 is 1. The van der Waals surface area contributed by atoms with E-state index in [0.29, 0.717) is 5.56 Å². The molecule has 1 aromatic heterocycles. The lowest BCUT2D eigenvalue weighted by Gasteiger charge is -2.14. The molecule has 1 atom stereocenters. The molecular weight excluding hydrogens is 314 g/mol. The molecule has 4 heteroatoms. The maximum Gasteiger partial charge on any atom is 0.340 e. The van der Waals surface area contributed by atoms with Crippen LogP contribution in [0.15, 0.2) is 42.5 Å². The molecule has 0 saturated heterocycles. The summed E-state index contributed by atoms with van der Waals surface area (Å²) in [7, 11) is 3.40. The number of esters is 1. The fourth-order valence-electron chi connectivity index (χ4n) is 4.02. The number of hydrogen-bond acceptors (Lipinski definition) is 3. The minimum absolute atomic E-state index is 0.369. The lowest BCUT2D eigenvalue weighted by Crippen LogP contribution is -2.08. The van der Waals surface area contributed by atoms with Crippen LogP contribution in [0.25, 0.3) is 10.9 Å². The summed E-state index contributed by atoms with van der Waals surface area (Å²) in [6.07, 6.45) is 2.40. The first kappa shape index (κ1) is 15.9. The van der Waals surface area contributed by atoms with Crippen molar-refractivity contribution >= 4 is 16.9 Å². The highest BCUT2D eigenvalue weighted by molar-refractivity contribution is 6.05. The Morgan fingerprint density at radius 3 is 2.64 bits per heavy atom. The van der Waals surface area contributed by atoms with Gasteiger partial charge in [-0.25, -0.2) is 4.79 Å². The lowest BCUT2D eigenvalue weighted by molar-refractivity contribution is 0.0602. The molecule has 1 unspecified atom stereocenters. The summed E-state index contributed by atoms with van der Waals surface area (Å²) in [5.74, 6) is -0.369. The molecule has 0 bridgehead atoms. The van der Waals surface area contributed by atoms with Gasteiger partial charge in [0.05, 0.1) is 18.2 Å². The third-order valence-corrected chi connectivity index (χ3v) is 5.22. The van der Waals surface area contributed by atoms with Crippen LogP contribution in [0.3, 0.4) is 0 Å². The summed E-state index contributed by atoms with van der Waals surface area (Å²) >= 11 is 0. The van der Waals surface area contributed by atoms with Crippen molar-refractivity contribution in [2.24, 2.45) is 7.05 Å². The van der Waals surface area contributed by atoms with Crippen LogP contribution < -0.4 is 0 Å². The van der Waals surface area contributed by atoms with Crippen molar-refractivity contribution in [3.05, 3.63) is 70.4 Å². The maximum absolute atomic E-state index is 12.4. The van der Waals surface area contributed by atoms with Crippen molar-refractivity contribution in [1.29, 1.82) is 0 Å². The Balaban J connectivity index is 1.96. The van der Waals surface area contributed by atoms with Crippen LogP contribution in [0.1, 0.15) is 45.3 Å². The number of carbonyl (C=O) groups excluding carboxylic acids is 1. The first-order valence-corrected chi connectivity index (χ1v) is 8.57. The molecule has 0 spiro atoms. The van der Waals surface area contributed by atoms with Crippen LogP contribution in [-0.4, -0.2) is 22.8 Å². The summed E-state index contributed by atoms with van der Waals surface area (Å²) in [6.45, 7) is 0. The van der Waals surface area contributed by atoms with E-state index in [2.05, 4.69) is 4.57 Å². The number of fused-ring (bicyclic) bond motifs is 3. The summed E-state index contributed by atoms with van der Waals surface area (Å²) in [5.41, 5.74) is 5.53. The van der Waals surface area contributed by atoms with Gasteiger partial charge in [0.25, 0.3) is 0 Å². The van der Waals surface area contributed by atoms with Crippen molar-refractivity contribution in [1.82, 2.24) is 4.57 Å². The Morgan fingerprint density at radius 2 is 1.92 bits per heavy atom. The Bertz CT molecular complexity index is 956. The Hall–Kier alpha value is -2.59. The van der Waals surface area contributed by atoms with Gasteiger partial charge in [-0.1, -0.05) is 30.3 Å². The van der Waals surface area contributed by atoms with E-state index in [1.54, 1.807) is 6.07 Å². The minimum atomic E-state index is -0.772. The monoisotopic (exact) mass is 335 g/mol. The summed E-state index contributed by atoms with van der Waals surface area (Å²) < 4.78 is 7.12. The highest BCUT2D eigenvalue weighted by atomic mass is 16.5. The fourth-order valence-corrected chi connectivity index (χ4v) is 4.02. The molecule has 25 heavy (non-hydrogen) atoms. The summed E-state index contributed by atoms with van der Waals surface area (Å²) in [5, 5.41) is 11.9. The van der Waals surface area contributed by atoms with Crippen LogP contribution in [0, 0.1) is 0 Å². The van der Waals surface area contributed by atoms with Crippen LogP contribution in [0.4, 0.5) is 0 Å². The van der Waals surface area contributed by atoms with E-state index in [9.17, 15) is 9.90 Å². The predicted octanol–water partition coefficient (Wildman–Crippen LogP) is 3.54. The molecule has 4 nitrogen and oxygen atoms in total. The number of aliphatic hydroxyl groups excluding tert-OH is 1. The Kier molecular flexibility index (Phi) is 3.85. The minimum Gasteiger partial charge on any atom is -0.465 e. The number of hydrogen-bond donors (Lipinski definition) is 1. The number of carbonyl (C=O) groups is 1. The molecule has 1 N–H and O–H groups in total. The van der Waals surface area contributed by atoms with E-state index >= 15 is 0 Å². The van der Waals surface area contributed by atoms with Gasteiger partial charge in [0.2, 0.25) is 0 Å². The fraction of sp³-hybridized carbons (Fsp3) is 0.286. The van der Waals surface area contributed by atoms with Crippen LogP contribution in [-0.2, 0) is 24.6 Å². The Morgan fingerprint density at radius 1 is 1.16 bits per heavy atom. The second-order valence-corrected chi connectivity index (χ2v) is 6.61. The topological polar surface area (TPSA) is 51.5 Å². The van der Waals surface area contributed by atoms with Crippen molar-refractivity contribution in [2.45, 2.75) is 25.4 Å². The van der Waals surface area contributed by atoms with E-state index in [0.717, 1.165) is 41.3 Å². The van der Waals surface area contributed by atoms with Gasteiger partial charge < -0.3 is 14.4 Å². The van der Waals surface area contributed by atoms with E-state index in [1.807, 2.05) is 43.4 Å². The predicted molar refractivity (Wildman–Crippen MR) is 96.8 cm³/mol. The van der Waals surface area contributed by atoms with Crippen LogP contribution >= 0.6 is 0 Å². The molecule has 1 aliphatic carbocycles. The third-order valence-electron chi connectivity index (χ3n) is 5.22. The highest BCUT2D eigenvalue weighted by Gasteiger charge is 2.26. The molecule has 0 aliphatic heterocycles. The van der Waals surface area contributed by atoms with Crippen molar-refractivity contribution in [2.75, 3.05) is 7.11 Å². The number of rotatable bonds is 3. The molecule has 1 heterocycles. The number of aryl methyl sites for hydroxylation is 2. The second-order valence-electron chi connectivity index (χ2n) is 6.61.